The van der Waals surface area contributed by atoms with Crippen LogP contribution >= 0.6 is 0 Å². The number of rotatable bonds is 3. The molecule has 0 radical (unpaired) electrons. The van der Waals surface area contributed by atoms with Crippen LogP contribution in [0.4, 0.5) is 0 Å². The van der Waals surface area contributed by atoms with Crippen molar-refractivity contribution in [1.29, 1.82) is 0 Å². The SMILES string of the molecule is CC1CN2CCCCC2CN1CC1CCCCC1CN. The maximum absolute atomic E-state index is 6.01. The molecule has 3 heteroatoms. The van der Waals surface area contributed by atoms with Crippen molar-refractivity contribution >= 4 is 0 Å². The third-order valence-corrected chi connectivity index (χ3v) is 6.15. The zero-order valence-electron chi connectivity index (χ0n) is 13.3. The first-order valence-corrected chi connectivity index (χ1v) is 8.96. The first-order valence-electron chi connectivity index (χ1n) is 8.96. The van der Waals surface area contributed by atoms with E-state index in [1.54, 1.807) is 0 Å². The van der Waals surface area contributed by atoms with Gasteiger partial charge in [-0.25, -0.2) is 0 Å². The Bertz CT molecular complexity index is 307. The van der Waals surface area contributed by atoms with E-state index in [1.807, 2.05) is 0 Å². The summed E-state index contributed by atoms with van der Waals surface area (Å²) in [6.45, 7) is 8.61. The van der Waals surface area contributed by atoms with Crippen molar-refractivity contribution in [2.24, 2.45) is 17.6 Å². The predicted octanol–water partition coefficient (Wildman–Crippen LogP) is 2.31. The highest BCUT2D eigenvalue weighted by Gasteiger charge is 2.35. The second-order valence-corrected chi connectivity index (χ2v) is 7.49. The molecule has 0 aromatic heterocycles. The van der Waals surface area contributed by atoms with Crippen LogP contribution in [0.25, 0.3) is 0 Å². The second-order valence-electron chi connectivity index (χ2n) is 7.49. The van der Waals surface area contributed by atoms with Crippen molar-refractivity contribution in [2.45, 2.75) is 64.0 Å². The number of hydrogen-bond donors (Lipinski definition) is 1. The van der Waals surface area contributed by atoms with Gasteiger partial charge in [-0.15, -0.1) is 0 Å². The number of hydrogen-bond acceptors (Lipinski definition) is 3. The Morgan fingerprint density at radius 2 is 1.70 bits per heavy atom. The molecule has 116 valence electrons. The summed E-state index contributed by atoms with van der Waals surface area (Å²) in [4.78, 5) is 5.55. The van der Waals surface area contributed by atoms with Gasteiger partial charge in [0.15, 0.2) is 0 Å². The molecule has 4 unspecified atom stereocenters. The van der Waals surface area contributed by atoms with E-state index in [9.17, 15) is 0 Å². The smallest absolute Gasteiger partial charge is 0.0223 e. The minimum atomic E-state index is 0.740. The lowest BCUT2D eigenvalue weighted by molar-refractivity contribution is -0.000541. The number of fused-ring (bicyclic) bond motifs is 1. The van der Waals surface area contributed by atoms with Gasteiger partial charge in [0.05, 0.1) is 0 Å². The molecule has 4 atom stereocenters. The van der Waals surface area contributed by atoms with Crippen LogP contribution in [0.15, 0.2) is 0 Å². The van der Waals surface area contributed by atoms with Crippen molar-refractivity contribution in [3.63, 3.8) is 0 Å². The molecule has 2 saturated heterocycles. The summed E-state index contributed by atoms with van der Waals surface area (Å²) >= 11 is 0. The minimum absolute atomic E-state index is 0.740. The van der Waals surface area contributed by atoms with E-state index in [2.05, 4.69) is 16.7 Å². The Kier molecular flexibility index (Phi) is 5.00. The first kappa shape index (κ1) is 14.8. The molecule has 0 spiro atoms. The summed E-state index contributed by atoms with van der Waals surface area (Å²) in [5, 5.41) is 0. The summed E-state index contributed by atoms with van der Waals surface area (Å²) in [7, 11) is 0. The normalized spacial score (nSPS) is 40.5. The fraction of sp³-hybridized carbons (Fsp3) is 1.00. The van der Waals surface area contributed by atoms with E-state index < -0.39 is 0 Å². The van der Waals surface area contributed by atoms with Crippen LogP contribution in [0.3, 0.4) is 0 Å². The standard InChI is InChI=1S/C17H33N3/c1-14-11-19-9-5-4-8-17(19)13-20(14)12-16-7-3-2-6-15(16)10-18/h14-17H,2-13,18H2,1H3. The molecule has 0 aromatic rings. The van der Waals surface area contributed by atoms with Gasteiger partial charge < -0.3 is 5.73 Å². The molecule has 3 fully saturated rings. The minimum Gasteiger partial charge on any atom is -0.330 e. The van der Waals surface area contributed by atoms with Gasteiger partial charge in [-0.2, -0.15) is 0 Å². The van der Waals surface area contributed by atoms with Crippen molar-refractivity contribution in [2.75, 3.05) is 32.7 Å². The van der Waals surface area contributed by atoms with Gasteiger partial charge in [0.1, 0.15) is 0 Å². The maximum Gasteiger partial charge on any atom is 0.0223 e. The van der Waals surface area contributed by atoms with Crippen LogP contribution in [0.2, 0.25) is 0 Å². The number of piperazine rings is 1. The van der Waals surface area contributed by atoms with Gasteiger partial charge in [-0.05, 0) is 57.5 Å². The van der Waals surface area contributed by atoms with Crippen LogP contribution in [0, 0.1) is 11.8 Å². The summed E-state index contributed by atoms with van der Waals surface area (Å²) in [5.74, 6) is 1.66. The van der Waals surface area contributed by atoms with Crippen molar-refractivity contribution in [1.82, 2.24) is 9.80 Å². The van der Waals surface area contributed by atoms with Crippen LogP contribution in [0.1, 0.15) is 51.9 Å². The number of piperidine rings is 1. The Morgan fingerprint density at radius 1 is 0.950 bits per heavy atom. The second kappa shape index (κ2) is 6.76. The van der Waals surface area contributed by atoms with E-state index in [1.165, 1.54) is 71.1 Å². The van der Waals surface area contributed by atoms with E-state index in [0.717, 1.165) is 30.5 Å². The quantitative estimate of drug-likeness (QED) is 0.860. The molecule has 1 saturated carbocycles. The van der Waals surface area contributed by atoms with E-state index in [0.29, 0.717) is 0 Å². The Hall–Kier alpha value is -0.120. The number of nitrogens with zero attached hydrogens (tertiary/aromatic N) is 2. The highest BCUT2D eigenvalue weighted by molar-refractivity contribution is 4.91. The fourth-order valence-corrected chi connectivity index (χ4v) is 4.80. The van der Waals surface area contributed by atoms with Crippen molar-refractivity contribution < 1.29 is 0 Å². The van der Waals surface area contributed by atoms with E-state index >= 15 is 0 Å². The third-order valence-electron chi connectivity index (χ3n) is 6.15. The first-order chi connectivity index (χ1) is 9.78. The average molecular weight is 279 g/mol. The molecule has 1 aliphatic carbocycles. The molecule has 2 heterocycles. The number of nitrogens with two attached hydrogens (primary N) is 1. The summed E-state index contributed by atoms with van der Waals surface area (Å²) in [6, 6.07) is 1.59. The average Bonchev–Trinajstić information content (AvgIpc) is 2.48. The zero-order chi connectivity index (χ0) is 13.9. The highest BCUT2D eigenvalue weighted by atomic mass is 15.3. The molecule has 20 heavy (non-hydrogen) atoms. The van der Waals surface area contributed by atoms with Gasteiger partial charge in [0.2, 0.25) is 0 Å². The van der Waals surface area contributed by atoms with E-state index in [4.69, 9.17) is 5.73 Å². The lowest BCUT2D eigenvalue weighted by atomic mass is 9.78. The topological polar surface area (TPSA) is 32.5 Å². The van der Waals surface area contributed by atoms with Crippen molar-refractivity contribution in [3.8, 4) is 0 Å². The highest BCUT2D eigenvalue weighted by Crippen LogP contribution is 2.32. The van der Waals surface area contributed by atoms with Crippen molar-refractivity contribution in [3.05, 3.63) is 0 Å². The lowest BCUT2D eigenvalue weighted by Crippen LogP contribution is -2.59. The summed E-state index contributed by atoms with van der Waals surface area (Å²) < 4.78 is 0. The Labute approximate surface area is 124 Å². The monoisotopic (exact) mass is 279 g/mol. The molecule has 3 nitrogen and oxygen atoms in total. The summed E-state index contributed by atoms with van der Waals surface area (Å²) in [5.41, 5.74) is 6.01. The third kappa shape index (κ3) is 3.20. The van der Waals surface area contributed by atoms with Crippen LogP contribution in [0.5, 0.6) is 0 Å². The molecule has 3 aliphatic rings. The molecule has 3 rings (SSSR count). The molecule has 0 aromatic carbocycles. The molecular formula is C17H33N3. The Morgan fingerprint density at radius 3 is 2.50 bits per heavy atom. The van der Waals surface area contributed by atoms with Gasteiger partial charge in [-0.1, -0.05) is 19.3 Å². The fourth-order valence-electron chi connectivity index (χ4n) is 4.80. The van der Waals surface area contributed by atoms with Gasteiger partial charge in [0.25, 0.3) is 0 Å². The predicted molar refractivity (Wildman–Crippen MR) is 84.7 cm³/mol. The maximum atomic E-state index is 6.01. The van der Waals surface area contributed by atoms with Crippen LogP contribution in [-0.2, 0) is 0 Å². The zero-order valence-corrected chi connectivity index (χ0v) is 13.3. The van der Waals surface area contributed by atoms with Gasteiger partial charge in [0, 0.05) is 31.7 Å². The molecular weight excluding hydrogens is 246 g/mol. The largest absolute Gasteiger partial charge is 0.330 e. The molecule has 0 amide bonds. The molecule has 2 N–H and O–H groups in total. The van der Waals surface area contributed by atoms with Gasteiger partial charge in [-0.3, -0.25) is 9.80 Å². The Balaban J connectivity index is 1.58. The van der Waals surface area contributed by atoms with Crippen LogP contribution < -0.4 is 5.73 Å². The molecule has 2 aliphatic heterocycles. The van der Waals surface area contributed by atoms with Crippen LogP contribution in [-0.4, -0.2) is 54.6 Å². The van der Waals surface area contributed by atoms with Gasteiger partial charge >= 0.3 is 0 Å². The molecule has 0 bridgehead atoms. The van der Waals surface area contributed by atoms with E-state index in [-0.39, 0.29) is 0 Å². The lowest BCUT2D eigenvalue weighted by Gasteiger charge is -2.49. The summed E-state index contributed by atoms with van der Waals surface area (Å²) in [6.07, 6.45) is 9.91.